The van der Waals surface area contributed by atoms with E-state index in [0.29, 0.717) is 11.5 Å². The Morgan fingerprint density at radius 1 is 1.18 bits per heavy atom. The molecule has 0 fully saturated rings. The van der Waals surface area contributed by atoms with Crippen molar-refractivity contribution in [3.63, 3.8) is 0 Å². The average molecular weight is 301 g/mol. The molecule has 0 aliphatic carbocycles. The molecule has 0 heterocycles. The first-order chi connectivity index (χ1) is 8.13. The molecule has 0 aromatic heterocycles. The minimum Gasteiger partial charge on any atom is -0.493 e. The van der Waals surface area contributed by atoms with Crippen LogP contribution >= 0.6 is 15.9 Å². The highest BCUT2D eigenvalue weighted by atomic mass is 79.9. The Morgan fingerprint density at radius 2 is 1.88 bits per heavy atom. The lowest BCUT2D eigenvalue weighted by Crippen LogP contribution is -1.99. The molecule has 0 N–H and O–H groups in total. The normalized spacial score (nSPS) is 12.8. The highest BCUT2D eigenvalue weighted by molar-refractivity contribution is 9.10. The molecule has 0 saturated heterocycles. The van der Waals surface area contributed by atoms with Gasteiger partial charge in [0.1, 0.15) is 0 Å². The first-order valence-corrected chi connectivity index (χ1v) is 6.04. The molecule has 0 radical (unpaired) electrons. The van der Waals surface area contributed by atoms with Gasteiger partial charge < -0.3 is 14.2 Å². The Balaban J connectivity index is 3.16. The van der Waals surface area contributed by atoms with Crippen molar-refractivity contribution in [2.24, 2.45) is 0 Å². The van der Waals surface area contributed by atoms with Crippen LogP contribution in [0.1, 0.15) is 12.5 Å². The zero-order valence-electron chi connectivity index (χ0n) is 10.5. The summed E-state index contributed by atoms with van der Waals surface area (Å²) in [6.45, 7) is 1.97. The Morgan fingerprint density at radius 3 is 2.41 bits per heavy atom. The van der Waals surface area contributed by atoms with Gasteiger partial charge in [-0.1, -0.05) is 28.1 Å². The Hall–Kier alpha value is -1.00. The van der Waals surface area contributed by atoms with Gasteiger partial charge in [0.2, 0.25) is 0 Å². The van der Waals surface area contributed by atoms with Gasteiger partial charge in [0.15, 0.2) is 11.5 Å². The number of methoxy groups -OCH3 is 3. The van der Waals surface area contributed by atoms with Gasteiger partial charge in [-0.2, -0.15) is 0 Å². The fraction of sp³-hybridized carbons (Fsp3) is 0.385. The largest absolute Gasteiger partial charge is 0.493 e. The number of benzene rings is 1. The van der Waals surface area contributed by atoms with E-state index in [1.807, 2.05) is 31.2 Å². The predicted octanol–water partition coefficient (Wildman–Crippen LogP) is 3.51. The van der Waals surface area contributed by atoms with Crippen LogP contribution in [-0.2, 0) is 4.74 Å². The molecule has 3 nitrogen and oxygen atoms in total. The molecule has 0 aliphatic rings. The quantitative estimate of drug-likeness (QED) is 0.833. The van der Waals surface area contributed by atoms with E-state index >= 15 is 0 Å². The van der Waals surface area contributed by atoms with Crippen molar-refractivity contribution in [1.82, 2.24) is 0 Å². The lowest BCUT2D eigenvalue weighted by atomic mass is 10.1. The van der Waals surface area contributed by atoms with E-state index in [9.17, 15) is 0 Å². The summed E-state index contributed by atoms with van der Waals surface area (Å²) < 4.78 is 16.7. The van der Waals surface area contributed by atoms with Crippen molar-refractivity contribution in [2.75, 3.05) is 21.3 Å². The Kier molecular flexibility index (Phi) is 5.51. The number of halogens is 1. The average Bonchev–Trinajstić information content (AvgIpc) is 2.36. The number of rotatable bonds is 5. The summed E-state index contributed by atoms with van der Waals surface area (Å²) in [4.78, 5) is 0. The molecule has 0 bridgehead atoms. The van der Waals surface area contributed by atoms with Crippen molar-refractivity contribution in [3.8, 4) is 11.5 Å². The topological polar surface area (TPSA) is 27.7 Å². The number of hydrogen-bond acceptors (Lipinski definition) is 3. The van der Waals surface area contributed by atoms with Gasteiger partial charge in [0, 0.05) is 17.1 Å². The van der Waals surface area contributed by atoms with Crippen LogP contribution in [0.4, 0.5) is 0 Å². The van der Waals surface area contributed by atoms with E-state index < -0.39 is 0 Å². The first-order valence-electron chi connectivity index (χ1n) is 5.25. The van der Waals surface area contributed by atoms with Crippen molar-refractivity contribution in [3.05, 3.63) is 28.2 Å². The molecule has 0 aliphatic heterocycles. The fourth-order valence-corrected chi connectivity index (χ4v) is 1.84. The van der Waals surface area contributed by atoms with Gasteiger partial charge >= 0.3 is 0 Å². The molecule has 0 spiro atoms. The van der Waals surface area contributed by atoms with Crippen LogP contribution in [0.2, 0.25) is 0 Å². The van der Waals surface area contributed by atoms with Crippen LogP contribution in [0.15, 0.2) is 22.7 Å². The lowest BCUT2D eigenvalue weighted by molar-refractivity contribution is 0.157. The molecule has 1 unspecified atom stereocenters. The van der Waals surface area contributed by atoms with Gasteiger partial charge in [-0.3, -0.25) is 0 Å². The summed E-state index contributed by atoms with van der Waals surface area (Å²) in [5.74, 6) is 1.42. The van der Waals surface area contributed by atoms with E-state index in [-0.39, 0.29) is 6.10 Å². The highest BCUT2D eigenvalue weighted by Gasteiger charge is 2.11. The Labute approximate surface area is 111 Å². The monoisotopic (exact) mass is 300 g/mol. The maximum Gasteiger partial charge on any atom is 0.169 e. The van der Waals surface area contributed by atoms with E-state index in [2.05, 4.69) is 15.9 Å². The van der Waals surface area contributed by atoms with Crippen molar-refractivity contribution in [2.45, 2.75) is 13.0 Å². The van der Waals surface area contributed by atoms with Crippen LogP contribution in [0.3, 0.4) is 0 Å². The maximum absolute atomic E-state index is 5.37. The van der Waals surface area contributed by atoms with Gasteiger partial charge in [-0.15, -0.1) is 0 Å². The van der Waals surface area contributed by atoms with Crippen LogP contribution < -0.4 is 9.47 Å². The van der Waals surface area contributed by atoms with Crippen LogP contribution in [0.5, 0.6) is 11.5 Å². The van der Waals surface area contributed by atoms with E-state index in [1.54, 1.807) is 21.3 Å². The SMILES string of the molecule is COc1ccc(Br)c(/C=C/C(C)OC)c1OC. The molecule has 4 heteroatoms. The van der Waals surface area contributed by atoms with Crippen molar-refractivity contribution in [1.29, 1.82) is 0 Å². The molecule has 17 heavy (non-hydrogen) atoms. The molecule has 1 aromatic rings. The summed E-state index contributed by atoms with van der Waals surface area (Å²) >= 11 is 3.50. The molecule has 1 atom stereocenters. The van der Waals surface area contributed by atoms with Crippen LogP contribution in [-0.4, -0.2) is 27.4 Å². The summed E-state index contributed by atoms with van der Waals surface area (Å²) in [6, 6.07) is 3.79. The third kappa shape index (κ3) is 3.48. The van der Waals surface area contributed by atoms with Gasteiger partial charge in [0.05, 0.1) is 20.3 Å². The second kappa shape index (κ2) is 6.67. The molecular formula is C13H17BrO3. The predicted molar refractivity (Wildman–Crippen MR) is 72.8 cm³/mol. The van der Waals surface area contributed by atoms with E-state index in [0.717, 1.165) is 10.0 Å². The molecule has 94 valence electrons. The molecular weight excluding hydrogens is 284 g/mol. The second-order valence-electron chi connectivity index (χ2n) is 3.50. The molecule has 1 aromatic carbocycles. The van der Waals surface area contributed by atoms with Gasteiger partial charge in [0.25, 0.3) is 0 Å². The summed E-state index contributed by atoms with van der Waals surface area (Å²) in [5.41, 5.74) is 0.941. The summed E-state index contributed by atoms with van der Waals surface area (Å²) in [5, 5.41) is 0. The first kappa shape index (κ1) is 14.1. The minimum absolute atomic E-state index is 0.0535. The molecule has 0 saturated carbocycles. The third-order valence-electron chi connectivity index (χ3n) is 2.44. The zero-order chi connectivity index (χ0) is 12.8. The zero-order valence-corrected chi connectivity index (χ0v) is 12.1. The van der Waals surface area contributed by atoms with Gasteiger partial charge in [-0.05, 0) is 19.1 Å². The van der Waals surface area contributed by atoms with Crippen molar-refractivity contribution >= 4 is 22.0 Å². The van der Waals surface area contributed by atoms with Crippen LogP contribution in [0, 0.1) is 0 Å². The van der Waals surface area contributed by atoms with Crippen molar-refractivity contribution < 1.29 is 14.2 Å². The van der Waals surface area contributed by atoms with Crippen LogP contribution in [0.25, 0.3) is 6.08 Å². The van der Waals surface area contributed by atoms with E-state index in [1.165, 1.54) is 0 Å². The second-order valence-corrected chi connectivity index (χ2v) is 4.35. The maximum atomic E-state index is 5.37. The Bertz CT molecular complexity index is 402. The smallest absolute Gasteiger partial charge is 0.169 e. The van der Waals surface area contributed by atoms with E-state index in [4.69, 9.17) is 14.2 Å². The minimum atomic E-state index is 0.0535. The van der Waals surface area contributed by atoms with Gasteiger partial charge in [-0.25, -0.2) is 0 Å². The fourth-order valence-electron chi connectivity index (χ4n) is 1.39. The summed E-state index contributed by atoms with van der Waals surface area (Å²) in [7, 11) is 4.92. The molecule has 1 rings (SSSR count). The lowest BCUT2D eigenvalue weighted by Gasteiger charge is -2.12. The third-order valence-corrected chi connectivity index (χ3v) is 3.13. The standard InChI is InChI=1S/C13H17BrO3/c1-9(15-2)5-6-10-11(14)7-8-12(16-3)13(10)17-4/h5-9H,1-4H3/b6-5+. The number of hydrogen-bond donors (Lipinski definition) is 0. The summed E-state index contributed by atoms with van der Waals surface area (Å²) in [6.07, 6.45) is 3.97. The highest BCUT2D eigenvalue weighted by Crippen LogP contribution is 2.36. The number of ether oxygens (including phenoxy) is 3. The molecule has 0 amide bonds.